The number of rotatable bonds is 13. The first-order chi connectivity index (χ1) is 13.5. The summed E-state index contributed by atoms with van der Waals surface area (Å²) in [5.41, 5.74) is 1.79. The summed E-state index contributed by atoms with van der Waals surface area (Å²) in [6, 6.07) is 12.9. The van der Waals surface area contributed by atoms with Crippen molar-refractivity contribution in [2.24, 2.45) is 5.92 Å². The summed E-state index contributed by atoms with van der Waals surface area (Å²) in [7, 11) is 0. The van der Waals surface area contributed by atoms with Crippen molar-refractivity contribution in [3.63, 3.8) is 0 Å². The molecule has 3 heteroatoms. The van der Waals surface area contributed by atoms with Crippen molar-refractivity contribution >= 4 is 11.3 Å². The van der Waals surface area contributed by atoms with Crippen LogP contribution in [0.2, 0.25) is 0 Å². The van der Waals surface area contributed by atoms with Crippen LogP contribution < -0.4 is 5.32 Å². The van der Waals surface area contributed by atoms with Crippen molar-refractivity contribution in [3.05, 3.63) is 57.8 Å². The molecule has 28 heavy (non-hydrogen) atoms. The van der Waals surface area contributed by atoms with E-state index in [-0.39, 0.29) is 0 Å². The zero-order valence-corrected chi connectivity index (χ0v) is 19.0. The van der Waals surface area contributed by atoms with E-state index in [9.17, 15) is 5.11 Å². The summed E-state index contributed by atoms with van der Waals surface area (Å²) in [6.07, 6.45) is 8.13. The van der Waals surface area contributed by atoms with Crippen molar-refractivity contribution < 1.29 is 5.11 Å². The topological polar surface area (TPSA) is 32.3 Å². The smallest absolute Gasteiger partial charge is 0.151 e. The first-order valence-electron chi connectivity index (χ1n) is 11.1. The molecular formula is C25H39NOS. The van der Waals surface area contributed by atoms with Crippen LogP contribution >= 0.6 is 11.3 Å². The lowest BCUT2D eigenvalue weighted by molar-refractivity contribution is -0.00419. The van der Waals surface area contributed by atoms with E-state index in [1.54, 1.807) is 11.3 Å². The lowest BCUT2D eigenvalue weighted by Crippen LogP contribution is -2.43. The van der Waals surface area contributed by atoms with Crippen molar-refractivity contribution in [1.29, 1.82) is 0 Å². The molecule has 0 saturated carbocycles. The number of hydrogen-bond donors (Lipinski definition) is 2. The Morgan fingerprint density at radius 2 is 1.82 bits per heavy atom. The Labute approximate surface area is 176 Å². The van der Waals surface area contributed by atoms with Gasteiger partial charge in [0, 0.05) is 6.54 Å². The van der Waals surface area contributed by atoms with Crippen LogP contribution in [0.15, 0.2) is 41.8 Å². The van der Waals surface area contributed by atoms with Crippen LogP contribution in [0, 0.1) is 5.92 Å². The first-order valence-corrected chi connectivity index (χ1v) is 12.0. The molecule has 0 saturated heterocycles. The molecule has 0 radical (unpaired) electrons. The maximum Gasteiger partial charge on any atom is 0.151 e. The average Bonchev–Trinajstić information content (AvgIpc) is 3.21. The third-order valence-electron chi connectivity index (χ3n) is 5.72. The summed E-state index contributed by atoms with van der Waals surface area (Å²) >= 11 is 1.68. The molecule has 0 spiro atoms. The van der Waals surface area contributed by atoms with Crippen LogP contribution in [0.3, 0.4) is 0 Å². The predicted molar refractivity (Wildman–Crippen MR) is 123 cm³/mol. The Morgan fingerprint density at radius 1 is 1.07 bits per heavy atom. The fraction of sp³-hybridized carbons (Fsp3) is 0.600. The van der Waals surface area contributed by atoms with E-state index in [0.29, 0.717) is 18.3 Å². The van der Waals surface area contributed by atoms with Gasteiger partial charge in [-0.05, 0) is 53.7 Å². The molecule has 0 aliphatic heterocycles. The van der Waals surface area contributed by atoms with Gasteiger partial charge in [-0.25, -0.2) is 0 Å². The van der Waals surface area contributed by atoms with Crippen LogP contribution in [0.1, 0.15) is 88.1 Å². The van der Waals surface area contributed by atoms with Crippen molar-refractivity contribution in [2.45, 2.75) is 84.3 Å². The van der Waals surface area contributed by atoms with Gasteiger partial charge >= 0.3 is 0 Å². The van der Waals surface area contributed by atoms with Gasteiger partial charge in [0.25, 0.3) is 0 Å². The lowest BCUT2D eigenvalue weighted by Gasteiger charge is -2.30. The quantitative estimate of drug-likeness (QED) is 0.284. The normalized spacial score (nSPS) is 14.9. The highest BCUT2D eigenvalue weighted by Crippen LogP contribution is 2.31. The predicted octanol–water partition coefficient (Wildman–Crippen LogP) is 6.85. The Hall–Kier alpha value is -1.16. The Morgan fingerprint density at radius 3 is 2.43 bits per heavy atom. The molecule has 2 rings (SSSR count). The largest absolute Gasteiger partial charge is 0.371 e. The number of hydrogen-bond acceptors (Lipinski definition) is 3. The molecule has 1 aromatic heterocycles. The third kappa shape index (κ3) is 7.02. The van der Waals surface area contributed by atoms with Crippen molar-refractivity contribution in [2.75, 3.05) is 6.54 Å². The van der Waals surface area contributed by atoms with E-state index in [1.165, 1.54) is 43.2 Å². The molecule has 1 aromatic carbocycles. The zero-order chi connectivity index (χ0) is 20.4. The fourth-order valence-electron chi connectivity index (χ4n) is 3.65. The van der Waals surface area contributed by atoms with Crippen LogP contribution in [0.5, 0.6) is 0 Å². The summed E-state index contributed by atoms with van der Waals surface area (Å²) in [5, 5.41) is 17.0. The highest BCUT2D eigenvalue weighted by atomic mass is 32.1. The van der Waals surface area contributed by atoms with Gasteiger partial charge in [0.05, 0.1) is 4.88 Å². The molecule has 0 fully saturated rings. The first kappa shape index (κ1) is 23.1. The van der Waals surface area contributed by atoms with Crippen molar-refractivity contribution in [3.8, 4) is 0 Å². The second-order valence-corrected chi connectivity index (χ2v) is 9.31. The number of benzene rings is 1. The highest BCUT2D eigenvalue weighted by molar-refractivity contribution is 7.10. The van der Waals surface area contributed by atoms with E-state index in [1.807, 2.05) is 0 Å². The lowest BCUT2D eigenvalue weighted by atomic mass is 9.92. The minimum atomic E-state index is -0.920. The van der Waals surface area contributed by atoms with E-state index in [4.69, 9.17) is 0 Å². The van der Waals surface area contributed by atoms with Crippen LogP contribution in [-0.4, -0.2) is 11.7 Å². The number of unbranched alkanes of at least 4 members (excludes halogenated alkanes) is 3. The van der Waals surface area contributed by atoms with Crippen LogP contribution in [0.25, 0.3) is 0 Å². The van der Waals surface area contributed by atoms with Gasteiger partial charge in [0.1, 0.15) is 0 Å². The minimum Gasteiger partial charge on any atom is -0.371 e. The van der Waals surface area contributed by atoms with Gasteiger partial charge in [-0.15, -0.1) is 11.3 Å². The fourth-order valence-corrected chi connectivity index (χ4v) is 4.87. The van der Waals surface area contributed by atoms with Gasteiger partial charge in [0.2, 0.25) is 0 Å². The SMILES string of the molecule is CCCCCCC(CNC(O)(CC)c1cc(C(C)C)cs1)Cc1ccccc1. The molecule has 0 aliphatic carbocycles. The average molecular weight is 402 g/mol. The number of nitrogens with one attached hydrogen (secondary N) is 1. The number of aliphatic hydroxyl groups is 1. The molecule has 2 N–H and O–H groups in total. The summed E-state index contributed by atoms with van der Waals surface area (Å²) in [6.45, 7) is 9.58. The molecule has 156 valence electrons. The van der Waals surface area contributed by atoms with Gasteiger partial charge in [-0.3, -0.25) is 5.32 Å². The van der Waals surface area contributed by atoms with Gasteiger partial charge in [-0.1, -0.05) is 83.7 Å². The van der Waals surface area contributed by atoms with E-state index in [2.05, 4.69) is 74.8 Å². The molecule has 1 heterocycles. The third-order valence-corrected chi connectivity index (χ3v) is 6.82. The maximum absolute atomic E-state index is 11.3. The Balaban J connectivity index is 2.03. The van der Waals surface area contributed by atoms with E-state index in [0.717, 1.165) is 17.8 Å². The van der Waals surface area contributed by atoms with Gasteiger partial charge in [-0.2, -0.15) is 0 Å². The monoisotopic (exact) mass is 401 g/mol. The molecule has 0 amide bonds. The van der Waals surface area contributed by atoms with Crippen LogP contribution in [-0.2, 0) is 12.1 Å². The second-order valence-electron chi connectivity index (χ2n) is 8.40. The molecule has 2 aromatic rings. The Kier molecular flexibility index (Phi) is 9.70. The standard InChI is InChI=1S/C25H39NOS/c1-5-7-8-10-15-22(16-21-13-11-9-12-14-21)18-26-25(27,6-2)24-17-23(19-28-24)20(3)4/h9,11-14,17,19-20,22,26-27H,5-8,10,15-16,18H2,1-4H3. The minimum absolute atomic E-state index is 0.496. The molecule has 2 nitrogen and oxygen atoms in total. The van der Waals surface area contributed by atoms with Crippen molar-refractivity contribution in [1.82, 2.24) is 5.32 Å². The maximum atomic E-state index is 11.3. The number of thiophene rings is 1. The summed E-state index contributed by atoms with van der Waals surface area (Å²) < 4.78 is 0. The second kappa shape index (κ2) is 11.7. The molecule has 2 unspecified atom stereocenters. The molecular weight excluding hydrogens is 362 g/mol. The zero-order valence-electron chi connectivity index (χ0n) is 18.2. The molecule has 2 atom stereocenters. The van der Waals surface area contributed by atoms with Gasteiger partial charge in [0.15, 0.2) is 5.72 Å². The Bertz CT molecular complexity index is 666. The summed E-state index contributed by atoms with van der Waals surface area (Å²) in [4.78, 5) is 1.04. The molecule has 0 aliphatic rings. The van der Waals surface area contributed by atoms with E-state index < -0.39 is 5.72 Å². The highest BCUT2D eigenvalue weighted by Gasteiger charge is 2.29. The van der Waals surface area contributed by atoms with Crippen LogP contribution in [0.4, 0.5) is 0 Å². The molecule has 0 bridgehead atoms. The van der Waals surface area contributed by atoms with E-state index >= 15 is 0 Å². The summed E-state index contributed by atoms with van der Waals surface area (Å²) in [5.74, 6) is 1.04. The van der Waals surface area contributed by atoms with Gasteiger partial charge < -0.3 is 5.11 Å².